The van der Waals surface area contributed by atoms with Gasteiger partial charge in [-0.3, -0.25) is 4.79 Å². The number of amides is 1. The van der Waals surface area contributed by atoms with Crippen LogP contribution < -0.4 is 4.74 Å². The first-order chi connectivity index (χ1) is 13.4. The fourth-order valence-electron chi connectivity index (χ4n) is 3.56. The van der Waals surface area contributed by atoms with Gasteiger partial charge >= 0.3 is 0 Å². The lowest BCUT2D eigenvalue weighted by Gasteiger charge is -2.39. The average Bonchev–Trinajstić information content (AvgIpc) is 3.13. The van der Waals surface area contributed by atoms with E-state index in [0.29, 0.717) is 34.9 Å². The van der Waals surface area contributed by atoms with Crippen LogP contribution in [0.15, 0.2) is 33.9 Å². The molecule has 1 amide bonds. The molecule has 1 aromatic heterocycles. The van der Waals surface area contributed by atoms with Crippen LogP contribution in [-0.2, 0) is 11.4 Å². The Morgan fingerprint density at radius 3 is 2.54 bits per heavy atom. The topological polar surface area (TPSA) is 68.5 Å². The summed E-state index contributed by atoms with van der Waals surface area (Å²) in [5.74, 6) is 2.10. The maximum absolute atomic E-state index is 12.6. The smallest absolute Gasteiger partial charge is 0.277 e. The highest BCUT2D eigenvalue weighted by Gasteiger charge is 2.29. The van der Waals surface area contributed by atoms with E-state index in [-0.39, 0.29) is 12.5 Å². The number of carbonyl (C=O) groups is 1. The van der Waals surface area contributed by atoms with Gasteiger partial charge in [0.1, 0.15) is 5.75 Å². The molecule has 1 aliphatic rings. The maximum atomic E-state index is 12.6. The zero-order valence-electron chi connectivity index (χ0n) is 17.1. The van der Waals surface area contributed by atoms with E-state index in [1.165, 1.54) is 23.7 Å². The van der Waals surface area contributed by atoms with Crippen LogP contribution in [0.3, 0.4) is 0 Å². The number of hydrogen-bond donors (Lipinski definition) is 0. The Hall–Kier alpha value is -2.02. The van der Waals surface area contributed by atoms with Gasteiger partial charge in [-0.25, -0.2) is 0 Å². The zero-order valence-corrected chi connectivity index (χ0v) is 17.9. The van der Waals surface area contributed by atoms with Crippen molar-refractivity contribution in [1.82, 2.24) is 15.1 Å². The Balaban J connectivity index is 1.48. The minimum absolute atomic E-state index is 0.131. The van der Waals surface area contributed by atoms with E-state index in [9.17, 15) is 4.79 Å². The number of aromatic nitrogens is 2. The molecule has 2 heterocycles. The zero-order chi connectivity index (χ0) is 20.1. The fraction of sp³-hybridized carbons (Fsp3) is 0.571. The SMILES string of the molecule is CC(C)c1ccc(OCc2nnc(SCC(=O)N3C(C)CCCC3C)o2)cc1. The van der Waals surface area contributed by atoms with Gasteiger partial charge in [0.15, 0.2) is 6.61 Å². The molecule has 2 aromatic rings. The second-order valence-corrected chi connectivity index (χ2v) is 8.62. The molecule has 1 fully saturated rings. The summed E-state index contributed by atoms with van der Waals surface area (Å²) in [6.07, 6.45) is 3.33. The van der Waals surface area contributed by atoms with Crippen molar-refractivity contribution in [3.05, 3.63) is 35.7 Å². The Morgan fingerprint density at radius 1 is 1.21 bits per heavy atom. The lowest BCUT2D eigenvalue weighted by Crippen LogP contribution is -2.48. The number of hydrogen-bond acceptors (Lipinski definition) is 6. The average molecular weight is 404 g/mol. The van der Waals surface area contributed by atoms with Gasteiger partial charge < -0.3 is 14.1 Å². The summed E-state index contributed by atoms with van der Waals surface area (Å²) in [4.78, 5) is 14.6. The molecular formula is C21H29N3O3S. The normalized spacial score (nSPS) is 19.8. The minimum Gasteiger partial charge on any atom is -0.484 e. The second kappa shape index (κ2) is 9.45. The summed E-state index contributed by atoms with van der Waals surface area (Å²) in [7, 11) is 0. The van der Waals surface area contributed by atoms with Gasteiger partial charge in [0.2, 0.25) is 5.91 Å². The first-order valence-corrected chi connectivity index (χ1v) is 10.9. The van der Waals surface area contributed by atoms with Gasteiger partial charge in [0, 0.05) is 12.1 Å². The van der Waals surface area contributed by atoms with E-state index >= 15 is 0 Å². The van der Waals surface area contributed by atoms with E-state index in [2.05, 4.69) is 50.0 Å². The fourth-order valence-corrected chi connectivity index (χ4v) is 4.21. The molecular weight excluding hydrogens is 374 g/mol. The molecule has 1 aromatic carbocycles. The van der Waals surface area contributed by atoms with Crippen LogP contribution in [0, 0.1) is 0 Å². The molecule has 0 N–H and O–H groups in total. The van der Waals surface area contributed by atoms with Crippen LogP contribution in [-0.4, -0.2) is 38.8 Å². The number of benzene rings is 1. The molecule has 1 aliphatic heterocycles. The van der Waals surface area contributed by atoms with E-state index in [4.69, 9.17) is 9.15 Å². The first-order valence-electron chi connectivity index (χ1n) is 9.93. The molecule has 152 valence electrons. The van der Waals surface area contributed by atoms with Gasteiger partial charge in [0.05, 0.1) is 5.75 Å². The van der Waals surface area contributed by atoms with E-state index in [1.54, 1.807) is 0 Å². The largest absolute Gasteiger partial charge is 0.484 e. The van der Waals surface area contributed by atoms with Crippen LogP contribution >= 0.6 is 11.8 Å². The van der Waals surface area contributed by atoms with Crippen molar-refractivity contribution in [2.75, 3.05) is 5.75 Å². The first kappa shape index (κ1) is 20.7. The summed E-state index contributed by atoms with van der Waals surface area (Å²) in [5, 5.41) is 8.43. The third kappa shape index (κ3) is 5.28. The summed E-state index contributed by atoms with van der Waals surface area (Å²) in [6.45, 7) is 8.76. The quantitative estimate of drug-likeness (QED) is 0.627. The Bertz CT molecular complexity index is 765. The highest BCUT2D eigenvalue weighted by molar-refractivity contribution is 7.99. The standard InChI is InChI=1S/C21H29N3O3S/c1-14(2)17-8-10-18(11-9-17)26-12-19-22-23-21(27-19)28-13-20(25)24-15(3)6-5-7-16(24)4/h8-11,14-16H,5-7,12-13H2,1-4H3. The highest BCUT2D eigenvalue weighted by Crippen LogP contribution is 2.25. The summed E-state index contributed by atoms with van der Waals surface area (Å²) < 4.78 is 11.3. The van der Waals surface area contributed by atoms with Crippen molar-refractivity contribution in [3.8, 4) is 5.75 Å². The van der Waals surface area contributed by atoms with Crippen molar-refractivity contribution in [2.24, 2.45) is 0 Å². The number of likely N-dealkylation sites (tertiary alicyclic amines) is 1. The lowest BCUT2D eigenvalue weighted by molar-refractivity contribution is -0.134. The molecule has 1 saturated heterocycles. The van der Waals surface area contributed by atoms with Crippen molar-refractivity contribution >= 4 is 17.7 Å². The maximum Gasteiger partial charge on any atom is 0.277 e. The van der Waals surface area contributed by atoms with Gasteiger partial charge in [-0.2, -0.15) is 0 Å². The molecule has 2 atom stereocenters. The molecule has 0 radical (unpaired) electrons. The second-order valence-electron chi connectivity index (χ2n) is 7.69. The highest BCUT2D eigenvalue weighted by atomic mass is 32.2. The van der Waals surface area contributed by atoms with Crippen LogP contribution in [0.4, 0.5) is 0 Å². The third-order valence-corrected chi connectivity index (χ3v) is 5.96. The van der Waals surface area contributed by atoms with Crippen molar-refractivity contribution in [3.63, 3.8) is 0 Å². The molecule has 0 spiro atoms. The number of thioether (sulfide) groups is 1. The van der Waals surface area contributed by atoms with Crippen LogP contribution in [0.1, 0.15) is 64.3 Å². The summed E-state index contributed by atoms with van der Waals surface area (Å²) in [5.41, 5.74) is 1.27. The summed E-state index contributed by atoms with van der Waals surface area (Å²) >= 11 is 1.29. The Labute approximate surface area is 171 Å². The molecule has 6 nitrogen and oxygen atoms in total. The molecule has 0 bridgehead atoms. The Morgan fingerprint density at radius 2 is 1.89 bits per heavy atom. The molecule has 28 heavy (non-hydrogen) atoms. The number of nitrogens with zero attached hydrogens (tertiary/aromatic N) is 3. The van der Waals surface area contributed by atoms with Gasteiger partial charge in [0.25, 0.3) is 11.1 Å². The van der Waals surface area contributed by atoms with E-state index in [0.717, 1.165) is 18.6 Å². The number of piperidine rings is 1. The molecule has 0 saturated carbocycles. The van der Waals surface area contributed by atoms with Crippen molar-refractivity contribution in [2.45, 2.75) is 76.8 Å². The van der Waals surface area contributed by atoms with Gasteiger partial charge in [-0.05, 0) is 56.7 Å². The van der Waals surface area contributed by atoms with Crippen LogP contribution in [0.25, 0.3) is 0 Å². The van der Waals surface area contributed by atoms with Crippen LogP contribution in [0.2, 0.25) is 0 Å². The minimum atomic E-state index is 0.131. The number of rotatable bonds is 7. The predicted molar refractivity (Wildman–Crippen MR) is 110 cm³/mol. The van der Waals surface area contributed by atoms with Crippen LogP contribution in [0.5, 0.6) is 5.75 Å². The van der Waals surface area contributed by atoms with E-state index < -0.39 is 0 Å². The third-order valence-electron chi connectivity index (χ3n) is 5.16. The number of carbonyl (C=O) groups excluding carboxylic acids is 1. The molecule has 7 heteroatoms. The molecule has 0 aliphatic carbocycles. The molecule has 2 unspecified atom stereocenters. The number of ether oxygens (including phenoxy) is 1. The van der Waals surface area contributed by atoms with Gasteiger partial charge in [-0.15, -0.1) is 10.2 Å². The Kier molecular flexibility index (Phi) is 6.99. The van der Waals surface area contributed by atoms with E-state index in [1.807, 2.05) is 17.0 Å². The lowest BCUT2D eigenvalue weighted by atomic mass is 9.98. The van der Waals surface area contributed by atoms with Crippen molar-refractivity contribution < 1.29 is 13.9 Å². The van der Waals surface area contributed by atoms with Crippen molar-refractivity contribution in [1.29, 1.82) is 0 Å². The summed E-state index contributed by atoms with van der Waals surface area (Å²) in [6, 6.07) is 8.60. The monoisotopic (exact) mass is 403 g/mol. The van der Waals surface area contributed by atoms with Gasteiger partial charge in [-0.1, -0.05) is 37.7 Å². The molecule has 3 rings (SSSR count). The predicted octanol–water partition coefficient (Wildman–Crippen LogP) is 4.65.